The lowest BCUT2D eigenvalue weighted by atomic mass is 10.1. The minimum atomic E-state index is -3.95. The lowest BCUT2D eigenvalue weighted by Crippen LogP contribution is -2.44. The number of hydrogen-bond donors (Lipinski definition) is 2. The van der Waals surface area contributed by atoms with Crippen LogP contribution in [0.25, 0.3) is 10.9 Å². The highest BCUT2D eigenvalue weighted by Crippen LogP contribution is 2.33. The molecule has 0 bridgehead atoms. The van der Waals surface area contributed by atoms with Crippen molar-refractivity contribution >= 4 is 61.6 Å². The summed E-state index contributed by atoms with van der Waals surface area (Å²) in [6, 6.07) is 18.9. The molecule has 1 aliphatic rings. The fourth-order valence-corrected chi connectivity index (χ4v) is 6.75. The van der Waals surface area contributed by atoms with Gasteiger partial charge in [-0.3, -0.25) is 9.59 Å². The van der Waals surface area contributed by atoms with Gasteiger partial charge in [-0.15, -0.1) is 0 Å². The summed E-state index contributed by atoms with van der Waals surface area (Å²) in [7, 11) is -3.95. The molecule has 11 heteroatoms. The first-order valence-corrected chi connectivity index (χ1v) is 15.5. The van der Waals surface area contributed by atoms with Gasteiger partial charge in [-0.25, -0.2) is 8.42 Å². The van der Waals surface area contributed by atoms with Crippen LogP contribution in [0, 0.1) is 0 Å². The number of rotatable bonds is 11. The van der Waals surface area contributed by atoms with Crippen LogP contribution in [0.4, 0.5) is 5.69 Å². The second-order valence-corrected chi connectivity index (χ2v) is 12.9. The van der Waals surface area contributed by atoms with Crippen molar-refractivity contribution in [1.82, 2.24) is 14.2 Å². The van der Waals surface area contributed by atoms with E-state index in [-0.39, 0.29) is 35.8 Å². The Bertz CT molecular complexity index is 1680. The van der Waals surface area contributed by atoms with Crippen LogP contribution in [-0.2, 0) is 32.6 Å². The molecule has 1 fully saturated rings. The number of para-hydroxylation sites is 1. The molecule has 0 unspecified atom stereocenters. The molecule has 0 radical (unpaired) electrons. The fraction of sp³-hybridized carbons (Fsp3) is 0.267. The first kappa shape index (κ1) is 29.1. The molecule has 41 heavy (non-hydrogen) atoms. The molecule has 0 atom stereocenters. The molecule has 0 aliphatic heterocycles. The molecule has 2 N–H and O–H groups in total. The van der Waals surface area contributed by atoms with Crippen molar-refractivity contribution in [2.24, 2.45) is 0 Å². The van der Waals surface area contributed by atoms with Crippen LogP contribution in [0.15, 0.2) is 77.8 Å². The van der Waals surface area contributed by atoms with E-state index in [1.165, 1.54) is 23.4 Å². The zero-order chi connectivity index (χ0) is 29.1. The highest BCUT2D eigenvalue weighted by atomic mass is 35.5. The third kappa shape index (κ3) is 6.93. The van der Waals surface area contributed by atoms with E-state index in [0.29, 0.717) is 41.5 Å². The van der Waals surface area contributed by atoms with E-state index < -0.39 is 10.0 Å². The lowest BCUT2D eigenvalue weighted by Gasteiger charge is -2.27. The highest BCUT2D eigenvalue weighted by Gasteiger charge is 2.40. The minimum absolute atomic E-state index is 0.0705. The summed E-state index contributed by atoms with van der Waals surface area (Å²) in [6.07, 6.45) is 3.91. The second-order valence-electron chi connectivity index (χ2n) is 10.2. The Kier molecular flexibility index (Phi) is 8.70. The Morgan fingerprint density at radius 1 is 1.00 bits per heavy atom. The number of hydrogen-bond acceptors (Lipinski definition) is 4. The van der Waals surface area contributed by atoms with Crippen LogP contribution in [0.1, 0.15) is 30.9 Å². The largest absolute Gasteiger partial charge is 0.361 e. The maximum atomic E-state index is 13.8. The molecule has 2 amide bonds. The first-order chi connectivity index (χ1) is 19.6. The van der Waals surface area contributed by atoms with Crippen LogP contribution >= 0.6 is 23.2 Å². The molecule has 1 saturated carbocycles. The van der Waals surface area contributed by atoms with Crippen molar-refractivity contribution in [2.45, 2.75) is 43.7 Å². The maximum Gasteiger partial charge on any atom is 0.243 e. The van der Waals surface area contributed by atoms with Gasteiger partial charge in [0.2, 0.25) is 21.8 Å². The summed E-state index contributed by atoms with van der Waals surface area (Å²) in [4.78, 5) is 30.2. The molecule has 5 rings (SSSR count). The van der Waals surface area contributed by atoms with Crippen LogP contribution in [0.5, 0.6) is 0 Å². The van der Waals surface area contributed by atoms with Crippen molar-refractivity contribution in [3.63, 3.8) is 0 Å². The fourth-order valence-electron chi connectivity index (χ4n) is 4.80. The number of carbonyl (C=O) groups is 2. The number of benzene rings is 3. The Morgan fingerprint density at radius 2 is 1.73 bits per heavy atom. The molecule has 214 valence electrons. The molecule has 3 aromatic carbocycles. The number of nitrogens with zero attached hydrogens (tertiary/aromatic N) is 2. The van der Waals surface area contributed by atoms with Crippen LogP contribution < -0.4 is 5.32 Å². The maximum absolute atomic E-state index is 13.8. The Balaban J connectivity index is 1.38. The SMILES string of the molecule is CC(=O)Nc1ccc(S(=O)(=O)N(CC(=O)N(CCc2c[nH]c3ccccc23)Cc2ccc(Cl)c(Cl)c2)C2CC2)cc1. The number of amides is 2. The van der Waals surface area contributed by atoms with Gasteiger partial charge in [0.05, 0.1) is 21.5 Å². The summed E-state index contributed by atoms with van der Waals surface area (Å²) in [5.41, 5.74) is 3.37. The number of sulfonamides is 1. The number of aromatic nitrogens is 1. The molecule has 0 saturated heterocycles. The zero-order valence-corrected chi connectivity index (χ0v) is 24.8. The molecule has 1 aromatic heterocycles. The number of anilines is 1. The number of fused-ring (bicyclic) bond motifs is 1. The average molecular weight is 614 g/mol. The van der Waals surface area contributed by atoms with E-state index in [0.717, 1.165) is 22.0 Å². The van der Waals surface area contributed by atoms with Crippen molar-refractivity contribution in [3.05, 3.63) is 94.1 Å². The second kappa shape index (κ2) is 12.2. The van der Waals surface area contributed by atoms with Crippen LogP contribution in [0.2, 0.25) is 10.0 Å². The molecule has 4 aromatic rings. The van der Waals surface area contributed by atoms with Crippen molar-refractivity contribution in [2.75, 3.05) is 18.4 Å². The lowest BCUT2D eigenvalue weighted by molar-refractivity contribution is -0.132. The van der Waals surface area contributed by atoms with Crippen molar-refractivity contribution < 1.29 is 18.0 Å². The van der Waals surface area contributed by atoms with Gasteiger partial charge in [-0.2, -0.15) is 4.31 Å². The zero-order valence-electron chi connectivity index (χ0n) is 22.4. The van der Waals surface area contributed by atoms with E-state index in [4.69, 9.17) is 23.2 Å². The number of carbonyl (C=O) groups excluding carboxylic acids is 2. The predicted octanol–water partition coefficient (Wildman–Crippen LogP) is 5.86. The molecule has 1 heterocycles. The summed E-state index contributed by atoms with van der Waals surface area (Å²) < 4.78 is 28.6. The van der Waals surface area contributed by atoms with E-state index in [1.807, 2.05) is 36.5 Å². The number of nitrogens with one attached hydrogen (secondary N) is 2. The average Bonchev–Trinajstić information content (AvgIpc) is 3.70. The van der Waals surface area contributed by atoms with E-state index in [2.05, 4.69) is 10.3 Å². The first-order valence-electron chi connectivity index (χ1n) is 13.3. The molecule has 8 nitrogen and oxygen atoms in total. The summed E-state index contributed by atoms with van der Waals surface area (Å²) >= 11 is 12.4. The molecular weight excluding hydrogens is 583 g/mol. The Hall–Kier alpha value is -3.37. The van der Waals surface area contributed by atoms with Gasteiger partial charge < -0.3 is 15.2 Å². The third-order valence-electron chi connectivity index (χ3n) is 7.06. The van der Waals surface area contributed by atoms with Gasteiger partial charge >= 0.3 is 0 Å². The van der Waals surface area contributed by atoms with Crippen LogP contribution in [0.3, 0.4) is 0 Å². The smallest absolute Gasteiger partial charge is 0.243 e. The summed E-state index contributed by atoms with van der Waals surface area (Å²) in [5.74, 6) is -0.554. The Labute approximate surface area is 249 Å². The minimum Gasteiger partial charge on any atom is -0.361 e. The van der Waals surface area contributed by atoms with Crippen molar-refractivity contribution in [1.29, 1.82) is 0 Å². The van der Waals surface area contributed by atoms with E-state index >= 15 is 0 Å². The number of aromatic amines is 1. The van der Waals surface area contributed by atoms with Crippen LogP contribution in [-0.4, -0.2) is 53.6 Å². The Morgan fingerprint density at radius 3 is 2.41 bits per heavy atom. The summed E-state index contributed by atoms with van der Waals surface area (Å²) in [6.45, 7) is 1.73. The molecule has 1 aliphatic carbocycles. The van der Waals surface area contributed by atoms with E-state index in [9.17, 15) is 18.0 Å². The van der Waals surface area contributed by atoms with Gasteiger partial charge in [0, 0.05) is 48.8 Å². The third-order valence-corrected chi connectivity index (χ3v) is 9.71. The quantitative estimate of drug-likeness (QED) is 0.221. The van der Waals surface area contributed by atoms with Gasteiger partial charge in [-0.05, 0) is 72.9 Å². The van der Waals surface area contributed by atoms with Gasteiger partial charge in [0.25, 0.3) is 0 Å². The van der Waals surface area contributed by atoms with Gasteiger partial charge in [0.1, 0.15) is 0 Å². The normalized spacial score (nSPS) is 13.5. The molecule has 0 spiro atoms. The number of halogens is 2. The highest BCUT2D eigenvalue weighted by molar-refractivity contribution is 7.89. The summed E-state index contributed by atoms with van der Waals surface area (Å²) in [5, 5.41) is 4.52. The van der Waals surface area contributed by atoms with Gasteiger partial charge in [-0.1, -0.05) is 47.5 Å². The number of H-pyrrole nitrogens is 1. The van der Waals surface area contributed by atoms with E-state index in [1.54, 1.807) is 29.2 Å². The molecular formula is C30H30Cl2N4O4S. The monoisotopic (exact) mass is 612 g/mol. The predicted molar refractivity (Wildman–Crippen MR) is 162 cm³/mol. The standard InChI is InChI=1S/C30H30Cl2N4O4S/c1-20(37)34-23-7-11-25(12-8-23)41(39,40)36(24-9-10-24)19-30(38)35(18-21-6-13-27(31)28(32)16-21)15-14-22-17-33-29-5-3-2-4-26(22)29/h2-8,11-13,16-17,24,33H,9-10,14-15,18-19H2,1H3,(H,34,37). The van der Waals surface area contributed by atoms with Gasteiger partial charge in [0.15, 0.2) is 0 Å². The topological polar surface area (TPSA) is 103 Å². The van der Waals surface area contributed by atoms with Crippen molar-refractivity contribution in [3.8, 4) is 0 Å².